The number of halogens is 1. The van der Waals surface area contributed by atoms with Crippen LogP contribution < -0.4 is 5.32 Å². The van der Waals surface area contributed by atoms with Crippen LogP contribution in [0.15, 0.2) is 23.8 Å². The van der Waals surface area contributed by atoms with E-state index < -0.39 is 0 Å². The van der Waals surface area contributed by atoms with Crippen LogP contribution in [0.3, 0.4) is 0 Å². The maximum absolute atomic E-state index is 13.1. The molecule has 0 saturated heterocycles. The first-order valence-electron chi connectivity index (χ1n) is 6.65. The van der Waals surface area contributed by atoms with Crippen LogP contribution in [-0.2, 0) is 12.0 Å². The molecule has 2 rings (SSSR count). The van der Waals surface area contributed by atoms with Crippen molar-refractivity contribution in [3.63, 3.8) is 0 Å². The summed E-state index contributed by atoms with van der Waals surface area (Å²) in [6.07, 6.45) is 2.90. The number of nitrogens with zero attached hydrogens (tertiary/aromatic N) is 2. The van der Waals surface area contributed by atoms with Gasteiger partial charge in [-0.15, -0.1) is 11.3 Å². The van der Waals surface area contributed by atoms with E-state index in [2.05, 4.69) is 41.4 Å². The van der Waals surface area contributed by atoms with Gasteiger partial charge in [-0.05, 0) is 18.6 Å². The minimum Gasteiger partial charge on any atom is -0.304 e. The Morgan fingerprint density at radius 3 is 2.70 bits per heavy atom. The molecule has 1 atom stereocenters. The quantitative estimate of drug-likeness (QED) is 0.931. The molecule has 0 radical (unpaired) electrons. The monoisotopic (exact) mass is 293 g/mol. The summed E-state index contributed by atoms with van der Waals surface area (Å²) in [5, 5.41) is 6.50. The average Bonchev–Trinajstić information content (AvgIpc) is 2.84. The summed E-state index contributed by atoms with van der Waals surface area (Å²) >= 11 is 1.65. The summed E-state index contributed by atoms with van der Waals surface area (Å²) in [4.78, 5) is 8.50. The van der Waals surface area contributed by atoms with E-state index in [0.29, 0.717) is 6.54 Å². The molecule has 2 heterocycles. The molecule has 108 valence electrons. The molecule has 0 amide bonds. The molecular weight excluding hydrogens is 273 g/mol. The van der Waals surface area contributed by atoms with Gasteiger partial charge < -0.3 is 5.32 Å². The fraction of sp³-hybridized carbons (Fsp3) is 0.467. The zero-order valence-corrected chi connectivity index (χ0v) is 13.1. The van der Waals surface area contributed by atoms with E-state index in [1.165, 1.54) is 12.3 Å². The smallest absolute Gasteiger partial charge is 0.141 e. The van der Waals surface area contributed by atoms with Crippen molar-refractivity contribution in [2.24, 2.45) is 0 Å². The molecule has 2 aromatic rings. The highest BCUT2D eigenvalue weighted by Crippen LogP contribution is 2.24. The highest BCUT2D eigenvalue weighted by atomic mass is 32.1. The highest BCUT2D eigenvalue weighted by molar-refractivity contribution is 7.09. The van der Waals surface area contributed by atoms with Gasteiger partial charge in [0.15, 0.2) is 0 Å². The first-order valence-corrected chi connectivity index (χ1v) is 7.53. The second-order valence-electron chi connectivity index (χ2n) is 5.92. The largest absolute Gasteiger partial charge is 0.304 e. The molecule has 2 aromatic heterocycles. The molecule has 0 aromatic carbocycles. The predicted molar refractivity (Wildman–Crippen MR) is 80.3 cm³/mol. The summed E-state index contributed by atoms with van der Waals surface area (Å²) in [6, 6.07) is 1.55. The molecule has 0 bridgehead atoms. The number of thiazole rings is 1. The van der Waals surface area contributed by atoms with Gasteiger partial charge in [-0.2, -0.15) is 0 Å². The fourth-order valence-corrected chi connectivity index (χ4v) is 2.73. The van der Waals surface area contributed by atoms with Gasteiger partial charge in [-0.25, -0.2) is 9.37 Å². The van der Waals surface area contributed by atoms with Gasteiger partial charge in [0, 0.05) is 29.6 Å². The third-order valence-electron chi connectivity index (χ3n) is 3.11. The van der Waals surface area contributed by atoms with Crippen LogP contribution in [0.25, 0.3) is 0 Å². The number of rotatable bonds is 4. The second kappa shape index (κ2) is 5.97. The van der Waals surface area contributed by atoms with Crippen LogP contribution in [-0.4, -0.2) is 9.97 Å². The maximum Gasteiger partial charge on any atom is 0.141 e. The summed E-state index contributed by atoms with van der Waals surface area (Å²) in [7, 11) is 0. The molecule has 3 nitrogen and oxygen atoms in total. The molecule has 20 heavy (non-hydrogen) atoms. The van der Waals surface area contributed by atoms with Gasteiger partial charge >= 0.3 is 0 Å². The highest BCUT2D eigenvalue weighted by Gasteiger charge is 2.17. The molecule has 0 aliphatic rings. The van der Waals surface area contributed by atoms with E-state index >= 15 is 0 Å². The van der Waals surface area contributed by atoms with Crippen molar-refractivity contribution in [2.75, 3.05) is 0 Å². The van der Waals surface area contributed by atoms with E-state index in [4.69, 9.17) is 0 Å². The van der Waals surface area contributed by atoms with E-state index in [9.17, 15) is 4.39 Å². The van der Waals surface area contributed by atoms with Crippen LogP contribution in [0.2, 0.25) is 0 Å². The first kappa shape index (κ1) is 15.1. The summed E-state index contributed by atoms with van der Waals surface area (Å²) in [6.45, 7) is 9.13. The van der Waals surface area contributed by atoms with E-state index in [1.54, 1.807) is 17.5 Å². The Hall–Kier alpha value is -1.33. The Kier molecular flexibility index (Phi) is 4.50. The predicted octanol–water partition coefficient (Wildman–Crippen LogP) is 3.83. The van der Waals surface area contributed by atoms with E-state index in [0.717, 1.165) is 16.3 Å². The normalized spacial score (nSPS) is 13.4. The molecule has 1 N–H and O–H groups in total. The minimum absolute atomic E-state index is 0.0418. The van der Waals surface area contributed by atoms with Crippen molar-refractivity contribution in [3.05, 3.63) is 45.9 Å². The molecule has 0 aliphatic carbocycles. The maximum atomic E-state index is 13.1. The summed E-state index contributed by atoms with van der Waals surface area (Å²) in [5.74, 6) is -0.305. The fourth-order valence-electron chi connectivity index (χ4n) is 1.76. The lowest BCUT2D eigenvalue weighted by atomic mass is 9.93. The Labute approximate surface area is 123 Å². The second-order valence-corrected chi connectivity index (χ2v) is 6.86. The number of nitrogens with one attached hydrogen (secondary N) is 1. The zero-order valence-electron chi connectivity index (χ0n) is 12.3. The molecule has 0 aliphatic heterocycles. The van der Waals surface area contributed by atoms with Gasteiger partial charge in [0.1, 0.15) is 10.8 Å². The van der Waals surface area contributed by atoms with Crippen LogP contribution in [0.5, 0.6) is 0 Å². The third-order valence-corrected chi connectivity index (χ3v) is 3.95. The van der Waals surface area contributed by atoms with E-state index in [1.807, 2.05) is 6.92 Å². The van der Waals surface area contributed by atoms with E-state index in [-0.39, 0.29) is 17.3 Å². The van der Waals surface area contributed by atoms with Gasteiger partial charge in [0.25, 0.3) is 0 Å². The van der Waals surface area contributed by atoms with Crippen molar-refractivity contribution in [3.8, 4) is 0 Å². The molecule has 5 heteroatoms. The Morgan fingerprint density at radius 1 is 1.35 bits per heavy atom. The lowest BCUT2D eigenvalue weighted by Crippen LogP contribution is -2.19. The van der Waals surface area contributed by atoms with Crippen molar-refractivity contribution in [1.29, 1.82) is 0 Å². The topological polar surface area (TPSA) is 37.8 Å². The number of hydrogen-bond acceptors (Lipinski definition) is 4. The molecule has 0 spiro atoms. The lowest BCUT2D eigenvalue weighted by Gasteiger charge is -2.15. The molecular formula is C15H20FN3S. The molecule has 0 unspecified atom stereocenters. The number of aromatic nitrogens is 2. The molecule has 0 saturated carbocycles. The van der Waals surface area contributed by atoms with Crippen molar-refractivity contribution in [2.45, 2.75) is 45.7 Å². The lowest BCUT2D eigenvalue weighted by molar-refractivity contribution is 0.548. The Morgan fingerprint density at radius 2 is 2.10 bits per heavy atom. The average molecular weight is 293 g/mol. The van der Waals surface area contributed by atoms with Crippen molar-refractivity contribution < 1.29 is 4.39 Å². The number of pyridine rings is 1. The zero-order chi connectivity index (χ0) is 14.8. The van der Waals surface area contributed by atoms with Crippen LogP contribution >= 0.6 is 11.3 Å². The van der Waals surface area contributed by atoms with Crippen LogP contribution in [0.1, 0.15) is 50.0 Å². The first-order chi connectivity index (χ1) is 9.36. The van der Waals surface area contributed by atoms with Gasteiger partial charge in [0.2, 0.25) is 0 Å². The summed E-state index contributed by atoms with van der Waals surface area (Å²) < 4.78 is 13.1. The van der Waals surface area contributed by atoms with Gasteiger partial charge in [-0.3, -0.25) is 4.98 Å². The Bertz CT molecular complexity index is 574. The van der Waals surface area contributed by atoms with Crippen LogP contribution in [0.4, 0.5) is 4.39 Å². The van der Waals surface area contributed by atoms with Gasteiger partial charge in [-0.1, -0.05) is 20.8 Å². The summed E-state index contributed by atoms with van der Waals surface area (Å²) in [5.41, 5.74) is 2.03. The molecule has 0 fully saturated rings. The standard InChI is InChI=1S/C15H20FN3S/c1-10(11-5-12(16)7-17-6-11)18-8-14-19-13(9-20-14)15(2,3)4/h5-7,9-10,18H,8H2,1-4H3/t10-/m0/s1. The number of hydrogen-bond donors (Lipinski definition) is 1. The Balaban J connectivity index is 1.97. The third kappa shape index (κ3) is 3.84. The van der Waals surface area contributed by atoms with Gasteiger partial charge in [0.05, 0.1) is 11.9 Å². The van der Waals surface area contributed by atoms with Crippen molar-refractivity contribution >= 4 is 11.3 Å². The van der Waals surface area contributed by atoms with Crippen LogP contribution in [0, 0.1) is 5.82 Å². The SMILES string of the molecule is C[C@H](NCc1nc(C(C)(C)C)cs1)c1cncc(F)c1. The van der Waals surface area contributed by atoms with Crippen molar-refractivity contribution in [1.82, 2.24) is 15.3 Å². The minimum atomic E-state index is -0.305.